The summed E-state index contributed by atoms with van der Waals surface area (Å²) < 4.78 is 14.0. The van der Waals surface area contributed by atoms with Gasteiger partial charge in [-0.2, -0.15) is 0 Å². The Morgan fingerprint density at radius 3 is 3.00 bits per heavy atom. The van der Waals surface area contributed by atoms with Crippen LogP contribution in [0.4, 0.5) is 4.39 Å². The molecule has 4 rings (SSSR count). The molecule has 3 heterocycles. The lowest BCUT2D eigenvalue weighted by Gasteiger charge is -2.31. The molecule has 5 heteroatoms. The molecule has 1 aromatic rings. The molecule has 2 fully saturated rings. The summed E-state index contributed by atoms with van der Waals surface area (Å²) in [7, 11) is 0. The van der Waals surface area contributed by atoms with E-state index in [0.717, 1.165) is 21.9 Å². The summed E-state index contributed by atoms with van der Waals surface area (Å²) in [6.45, 7) is 0. The second-order valence-electron chi connectivity index (χ2n) is 5.25. The van der Waals surface area contributed by atoms with Crippen LogP contribution < -0.4 is 5.32 Å². The van der Waals surface area contributed by atoms with Crippen LogP contribution in [0.15, 0.2) is 22.9 Å². The van der Waals surface area contributed by atoms with E-state index in [9.17, 15) is 4.39 Å². The van der Waals surface area contributed by atoms with Gasteiger partial charge in [0.1, 0.15) is 16.6 Å². The van der Waals surface area contributed by atoms with Crippen molar-refractivity contribution in [1.29, 1.82) is 0 Å². The van der Waals surface area contributed by atoms with Crippen LogP contribution in [0, 0.1) is 11.7 Å². The van der Waals surface area contributed by atoms with Crippen molar-refractivity contribution in [3.05, 3.63) is 34.4 Å². The Morgan fingerprint density at radius 1 is 1.39 bits per heavy atom. The van der Waals surface area contributed by atoms with E-state index in [1.165, 1.54) is 31.5 Å². The largest absolute Gasteiger partial charge is 0.361 e. The fourth-order valence-electron chi connectivity index (χ4n) is 3.49. The smallest absolute Gasteiger partial charge is 0.141 e. The molecule has 2 aliphatic heterocycles. The zero-order chi connectivity index (χ0) is 12.3. The molecular formula is C13H13BrFN3. The van der Waals surface area contributed by atoms with Gasteiger partial charge in [-0.3, -0.25) is 4.98 Å². The van der Waals surface area contributed by atoms with Crippen LogP contribution in [-0.2, 0) is 0 Å². The molecule has 1 saturated carbocycles. The third-order valence-corrected chi connectivity index (χ3v) is 5.10. The van der Waals surface area contributed by atoms with Crippen LogP contribution >= 0.6 is 15.9 Å². The predicted octanol–water partition coefficient (Wildman–Crippen LogP) is 2.66. The second kappa shape index (κ2) is 3.70. The predicted molar refractivity (Wildman–Crippen MR) is 69.9 cm³/mol. The third-order valence-electron chi connectivity index (χ3n) is 4.29. The number of pyridine rings is 1. The van der Waals surface area contributed by atoms with Crippen molar-refractivity contribution in [2.45, 2.75) is 31.5 Å². The minimum atomic E-state index is -0.297. The number of nitrogens with one attached hydrogen (secondary N) is 1. The number of aromatic nitrogens is 1. The SMILES string of the molecule is Fc1ccc(C2=C(Br)N3C4CCC(C4)C3N2)nc1. The van der Waals surface area contributed by atoms with Gasteiger partial charge in [0.05, 0.1) is 17.6 Å². The molecule has 0 spiro atoms. The van der Waals surface area contributed by atoms with Crippen molar-refractivity contribution in [1.82, 2.24) is 15.2 Å². The maximum atomic E-state index is 12.9. The van der Waals surface area contributed by atoms with E-state index in [-0.39, 0.29) is 5.82 Å². The van der Waals surface area contributed by atoms with Gasteiger partial charge in [-0.25, -0.2) is 4.39 Å². The number of nitrogens with zero attached hydrogens (tertiary/aromatic N) is 2. The molecule has 1 N–H and O–H groups in total. The zero-order valence-electron chi connectivity index (χ0n) is 9.74. The lowest BCUT2D eigenvalue weighted by Crippen LogP contribution is -2.41. The van der Waals surface area contributed by atoms with Crippen LogP contribution in [0.5, 0.6) is 0 Å². The van der Waals surface area contributed by atoms with Gasteiger partial charge in [-0.1, -0.05) is 0 Å². The zero-order valence-corrected chi connectivity index (χ0v) is 11.3. The molecule has 3 unspecified atom stereocenters. The average Bonchev–Trinajstić information content (AvgIpc) is 3.03. The Morgan fingerprint density at radius 2 is 2.28 bits per heavy atom. The highest BCUT2D eigenvalue weighted by molar-refractivity contribution is 9.11. The van der Waals surface area contributed by atoms with E-state index in [2.05, 4.69) is 31.1 Å². The minimum absolute atomic E-state index is 0.297. The van der Waals surface area contributed by atoms with Crippen LogP contribution in [0.3, 0.4) is 0 Å². The Hall–Kier alpha value is -1.10. The van der Waals surface area contributed by atoms with Gasteiger partial charge in [0.25, 0.3) is 0 Å². The number of piperidine rings is 1. The second-order valence-corrected chi connectivity index (χ2v) is 6.00. The van der Waals surface area contributed by atoms with Gasteiger partial charge in [0.2, 0.25) is 0 Å². The van der Waals surface area contributed by atoms with Crippen LogP contribution in [0.25, 0.3) is 5.70 Å². The molecule has 0 radical (unpaired) electrons. The van der Waals surface area contributed by atoms with Gasteiger partial charge in [-0.05, 0) is 53.2 Å². The first kappa shape index (κ1) is 10.8. The molecule has 18 heavy (non-hydrogen) atoms. The van der Waals surface area contributed by atoms with E-state index in [4.69, 9.17) is 0 Å². The molecule has 1 aliphatic carbocycles. The number of hydrogen-bond acceptors (Lipinski definition) is 3. The van der Waals surface area contributed by atoms with Crippen LogP contribution in [-0.4, -0.2) is 22.1 Å². The molecule has 2 bridgehead atoms. The van der Waals surface area contributed by atoms with Crippen LogP contribution in [0.2, 0.25) is 0 Å². The highest BCUT2D eigenvalue weighted by atomic mass is 79.9. The van der Waals surface area contributed by atoms with Crippen molar-refractivity contribution >= 4 is 21.6 Å². The van der Waals surface area contributed by atoms with Crippen molar-refractivity contribution in [2.75, 3.05) is 0 Å². The number of fused-ring (bicyclic) bond motifs is 5. The third kappa shape index (κ3) is 1.37. The molecule has 1 aromatic heterocycles. The summed E-state index contributed by atoms with van der Waals surface area (Å²) >= 11 is 3.68. The molecule has 0 aromatic carbocycles. The number of hydrogen-bond donors (Lipinski definition) is 1. The maximum Gasteiger partial charge on any atom is 0.141 e. The lowest BCUT2D eigenvalue weighted by molar-refractivity contribution is 0.203. The average molecular weight is 310 g/mol. The molecular weight excluding hydrogens is 297 g/mol. The minimum Gasteiger partial charge on any atom is -0.361 e. The van der Waals surface area contributed by atoms with Crippen molar-refractivity contribution in [3.63, 3.8) is 0 Å². The van der Waals surface area contributed by atoms with Crippen molar-refractivity contribution in [3.8, 4) is 0 Å². The standard InChI is InChI=1S/C13H13BrFN3/c14-12-11(10-4-2-8(15)6-16-10)17-13-7-1-3-9(5-7)18(12)13/h2,4,6-7,9,13,17H,1,3,5H2. The summed E-state index contributed by atoms with van der Waals surface area (Å²) in [5.41, 5.74) is 1.80. The summed E-state index contributed by atoms with van der Waals surface area (Å²) in [6.07, 6.45) is 5.55. The highest BCUT2D eigenvalue weighted by Crippen LogP contribution is 2.49. The van der Waals surface area contributed by atoms with Crippen LogP contribution in [0.1, 0.15) is 25.0 Å². The monoisotopic (exact) mass is 309 g/mol. The molecule has 3 aliphatic rings. The van der Waals surface area contributed by atoms with Crippen molar-refractivity contribution in [2.24, 2.45) is 5.92 Å². The molecule has 94 valence electrons. The van der Waals surface area contributed by atoms with E-state index >= 15 is 0 Å². The van der Waals surface area contributed by atoms with Crippen molar-refractivity contribution < 1.29 is 4.39 Å². The molecule has 3 nitrogen and oxygen atoms in total. The first-order valence-corrected chi connectivity index (χ1v) is 7.10. The maximum absolute atomic E-state index is 12.9. The Labute approximate surface area is 113 Å². The van der Waals surface area contributed by atoms with Gasteiger partial charge < -0.3 is 10.2 Å². The Balaban J connectivity index is 1.72. The lowest BCUT2D eigenvalue weighted by atomic mass is 10.1. The van der Waals surface area contributed by atoms with E-state index < -0.39 is 0 Å². The number of halogens is 2. The molecule has 1 saturated heterocycles. The summed E-state index contributed by atoms with van der Waals surface area (Å²) in [4.78, 5) is 6.58. The fourth-order valence-corrected chi connectivity index (χ4v) is 4.32. The molecule has 3 atom stereocenters. The fraction of sp³-hybridized carbons (Fsp3) is 0.462. The summed E-state index contributed by atoms with van der Waals surface area (Å²) in [5.74, 6) is 0.439. The summed E-state index contributed by atoms with van der Waals surface area (Å²) in [5, 5.41) is 3.54. The quantitative estimate of drug-likeness (QED) is 0.808. The topological polar surface area (TPSA) is 28.2 Å². The highest BCUT2D eigenvalue weighted by Gasteiger charge is 2.50. The first-order valence-electron chi connectivity index (χ1n) is 6.30. The van der Waals surface area contributed by atoms with E-state index in [0.29, 0.717) is 12.2 Å². The Bertz CT molecular complexity index is 528. The number of rotatable bonds is 1. The first-order chi connectivity index (χ1) is 8.74. The van der Waals surface area contributed by atoms with Gasteiger partial charge in [0.15, 0.2) is 0 Å². The molecule has 0 amide bonds. The van der Waals surface area contributed by atoms with E-state index in [1.54, 1.807) is 6.07 Å². The van der Waals surface area contributed by atoms with E-state index in [1.807, 2.05) is 0 Å². The Kier molecular flexibility index (Phi) is 2.22. The summed E-state index contributed by atoms with van der Waals surface area (Å²) in [6, 6.07) is 3.83. The normalized spacial score (nSPS) is 33.0. The van der Waals surface area contributed by atoms with Gasteiger partial charge in [0, 0.05) is 6.04 Å². The van der Waals surface area contributed by atoms with Gasteiger partial charge in [-0.15, -0.1) is 0 Å². The van der Waals surface area contributed by atoms with Gasteiger partial charge >= 0.3 is 0 Å².